The van der Waals surface area contributed by atoms with Gasteiger partial charge in [0.05, 0.1) is 16.3 Å². The maximum atomic E-state index is 11.4. The summed E-state index contributed by atoms with van der Waals surface area (Å²) in [5.74, 6) is 0. The molecule has 0 aliphatic rings. The molecule has 0 bridgehead atoms. The van der Waals surface area contributed by atoms with Crippen LogP contribution < -0.4 is 10.6 Å². The third-order valence-electron chi connectivity index (χ3n) is 2.94. The predicted octanol–water partition coefficient (Wildman–Crippen LogP) is 2.22. The van der Waals surface area contributed by atoms with E-state index in [2.05, 4.69) is 28.6 Å². The maximum absolute atomic E-state index is 11.4. The number of hydrogen-bond donors (Lipinski definition) is 2. The van der Waals surface area contributed by atoms with Gasteiger partial charge in [-0.05, 0) is 19.1 Å². The highest BCUT2D eigenvalue weighted by molar-refractivity contribution is 7.18. The van der Waals surface area contributed by atoms with E-state index in [1.54, 1.807) is 25.4 Å². The number of thiazole rings is 1. The minimum Gasteiger partial charge on any atom is -0.337 e. The Kier molecular flexibility index (Phi) is 4.92. The largest absolute Gasteiger partial charge is 0.337 e. The average Bonchev–Trinajstić information content (AvgIpc) is 2.86. The van der Waals surface area contributed by atoms with Crippen molar-refractivity contribution in [1.82, 2.24) is 20.5 Å². The fourth-order valence-corrected chi connectivity index (χ4v) is 2.77. The molecule has 0 aliphatic heterocycles. The molecule has 1 unspecified atom stereocenters. The van der Waals surface area contributed by atoms with Crippen LogP contribution in [0.15, 0.2) is 24.3 Å². The number of aromatic nitrogens is 1. The number of rotatable bonds is 5. The molecular weight excluding hydrogens is 272 g/mol. The lowest BCUT2D eigenvalue weighted by Crippen LogP contribution is -2.38. The van der Waals surface area contributed by atoms with Crippen molar-refractivity contribution in [2.24, 2.45) is 0 Å². The molecule has 6 heteroatoms. The second-order valence-electron chi connectivity index (χ2n) is 4.82. The smallest absolute Gasteiger partial charge is 0.316 e. The van der Waals surface area contributed by atoms with Gasteiger partial charge in [0, 0.05) is 27.2 Å². The molecule has 1 aromatic heterocycles. The molecule has 1 atom stereocenters. The first-order chi connectivity index (χ1) is 9.58. The third-order valence-corrected chi connectivity index (χ3v) is 4.16. The molecule has 2 N–H and O–H groups in total. The fourth-order valence-electron chi connectivity index (χ4n) is 1.78. The number of fused-ring (bicyclic) bond motifs is 1. The number of nitrogens with zero attached hydrogens (tertiary/aromatic N) is 2. The molecule has 0 radical (unpaired) electrons. The summed E-state index contributed by atoms with van der Waals surface area (Å²) in [5, 5.41) is 7.27. The van der Waals surface area contributed by atoms with Gasteiger partial charge in [-0.3, -0.25) is 0 Å². The second-order valence-corrected chi connectivity index (χ2v) is 5.88. The highest BCUT2D eigenvalue weighted by Crippen LogP contribution is 2.25. The van der Waals surface area contributed by atoms with Crippen LogP contribution in [0.3, 0.4) is 0 Å². The van der Waals surface area contributed by atoms with Gasteiger partial charge in [0.2, 0.25) is 0 Å². The first-order valence-electron chi connectivity index (χ1n) is 6.62. The zero-order chi connectivity index (χ0) is 14.5. The van der Waals surface area contributed by atoms with E-state index in [0.717, 1.165) is 17.1 Å². The van der Waals surface area contributed by atoms with Gasteiger partial charge in [0.1, 0.15) is 5.01 Å². The van der Waals surface area contributed by atoms with Crippen LogP contribution in [0.2, 0.25) is 0 Å². The normalized spacial score (nSPS) is 12.3. The van der Waals surface area contributed by atoms with E-state index in [1.807, 2.05) is 18.2 Å². The number of nitrogens with one attached hydrogen (secondary N) is 2. The van der Waals surface area contributed by atoms with E-state index in [1.165, 1.54) is 9.60 Å². The second kappa shape index (κ2) is 6.67. The Bertz CT molecular complexity index is 548. The minimum atomic E-state index is -0.0700. The molecule has 108 valence electrons. The number of carbonyl (C=O) groups is 1. The maximum Gasteiger partial charge on any atom is 0.316 e. The predicted molar refractivity (Wildman–Crippen MR) is 83.1 cm³/mol. The van der Waals surface area contributed by atoms with Crippen LogP contribution >= 0.6 is 11.3 Å². The molecule has 0 spiro atoms. The minimum absolute atomic E-state index is 0.0700. The number of hydrogen-bond acceptors (Lipinski definition) is 4. The molecule has 20 heavy (non-hydrogen) atoms. The summed E-state index contributed by atoms with van der Waals surface area (Å²) in [6.07, 6.45) is 0. The van der Waals surface area contributed by atoms with Crippen LogP contribution in [0, 0.1) is 0 Å². The zero-order valence-corrected chi connectivity index (χ0v) is 12.8. The quantitative estimate of drug-likeness (QED) is 0.831. The van der Waals surface area contributed by atoms with Gasteiger partial charge >= 0.3 is 6.03 Å². The summed E-state index contributed by atoms with van der Waals surface area (Å²) in [6, 6.07) is 8.25. The van der Waals surface area contributed by atoms with E-state index in [4.69, 9.17) is 0 Å². The highest BCUT2D eigenvalue weighted by Gasteiger charge is 2.10. The Morgan fingerprint density at radius 3 is 2.80 bits per heavy atom. The molecule has 0 saturated carbocycles. The highest BCUT2D eigenvalue weighted by atomic mass is 32.1. The lowest BCUT2D eigenvalue weighted by atomic mass is 10.3. The van der Waals surface area contributed by atoms with Gasteiger partial charge in [-0.1, -0.05) is 12.1 Å². The fraction of sp³-hybridized carbons (Fsp3) is 0.429. The van der Waals surface area contributed by atoms with Crippen LogP contribution in [0.5, 0.6) is 0 Å². The molecule has 0 fully saturated rings. The Morgan fingerprint density at radius 2 is 2.10 bits per heavy atom. The van der Waals surface area contributed by atoms with Crippen molar-refractivity contribution in [3.05, 3.63) is 29.3 Å². The van der Waals surface area contributed by atoms with Crippen LogP contribution in [0.25, 0.3) is 10.2 Å². The lowest BCUT2D eigenvalue weighted by molar-refractivity contribution is 0.217. The third kappa shape index (κ3) is 3.68. The van der Waals surface area contributed by atoms with Crippen LogP contribution in [-0.4, -0.2) is 43.1 Å². The van der Waals surface area contributed by atoms with Crippen LogP contribution in [0.1, 0.15) is 18.0 Å². The van der Waals surface area contributed by atoms with E-state index >= 15 is 0 Å². The van der Waals surface area contributed by atoms with Gasteiger partial charge in [0.15, 0.2) is 0 Å². The monoisotopic (exact) mass is 292 g/mol. The lowest BCUT2D eigenvalue weighted by Gasteiger charge is -2.14. The van der Waals surface area contributed by atoms with Crippen molar-refractivity contribution in [1.29, 1.82) is 0 Å². The van der Waals surface area contributed by atoms with Gasteiger partial charge < -0.3 is 15.5 Å². The van der Waals surface area contributed by atoms with E-state index < -0.39 is 0 Å². The summed E-state index contributed by atoms with van der Waals surface area (Å²) in [6.45, 7) is 3.41. The number of para-hydroxylation sites is 1. The number of benzene rings is 1. The summed E-state index contributed by atoms with van der Waals surface area (Å²) in [4.78, 5) is 17.5. The Labute approximate surface area is 123 Å². The van der Waals surface area contributed by atoms with Gasteiger partial charge in [-0.25, -0.2) is 9.78 Å². The summed E-state index contributed by atoms with van der Waals surface area (Å²) >= 11 is 1.71. The molecule has 0 aliphatic carbocycles. The number of urea groups is 1. The van der Waals surface area contributed by atoms with Gasteiger partial charge in [-0.2, -0.15) is 0 Å². The Balaban J connectivity index is 1.83. The van der Waals surface area contributed by atoms with Crippen molar-refractivity contribution >= 4 is 27.6 Å². The molecular formula is C14H20N4OS. The number of carbonyl (C=O) groups excluding carboxylic acids is 1. The molecule has 0 saturated heterocycles. The number of amides is 2. The molecule has 2 aromatic rings. The Morgan fingerprint density at radius 1 is 1.35 bits per heavy atom. The first kappa shape index (κ1) is 14.7. The molecule has 2 rings (SSSR count). The van der Waals surface area contributed by atoms with Crippen LogP contribution in [0.4, 0.5) is 4.79 Å². The van der Waals surface area contributed by atoms with Crippen molar-refractivity contribution in [3.63, 3.8) is 0 Å². The van der Waals surface area contributed by atoms with Crippen molar-refractivity contribution in [3.8, 4) is 0 Å². The van der Waals surface area contributed by atoms with Crippen molar-refractivity contribution in [2.45, 2.75) is 13.0 Å². The van der Waals surface area contributed by atoms with E-state index in [0.29, 0.717) is 6.54 Å². The molecule has 2 amide bonds. The van der Waals surface area contributed by atoms with Gasteiger partial charge in [0.25, 0.3) is 0 Å². The standard InChI is InChI=1S/C14H20N4OS/c1-10(15-8-9-16-14(19)18(2)3)13-17-11-6-4-5-7-12(11)20-13/h4-7,10,15H,8-9H2,1-3H3,(H,16,19). The van der Waals surface area contributed by atoms with Gasteiger partial charge in [-0.15, -0.1) is 11.3 Å². The molecule has 5 nitrogen and oxygen atoms in total. The average molecular weight is 292 g/mol. The first-order valence-corrected chi connectivity index (χ1v) is 7.43. The molecule has 1 heterocycles. The zero-order valence-electron chi connectivity index (χ0n) is 12.0. The molecule has 1 aromatic carbocycles. The van der Waals surface area contributed by atoms with E-state index in [9.17, 15) is 4.79 Å². The van der Waals surface area contributed by atoms with Crippen LogP contribution in [-0.2, 0) is 0 Å². The topological polar surface area (TPSA) is 57.3 Å². The van der Waals surface area contributed by atoms with Crippen molar-refractivity contribution < 1.29 is 4.79 Å². The summed E-state index contributed by atoms with van der Waals surface area (Å²) in [7, 11) is 3.46. The van der Waals surface area contributed by atoms with E-state index in [-0.39, 0.29) is 12.1 Å². The van der Waals surface area contributed by atoms with Crippen molar-refractivity contribution in [2.75, 3.05) is 27.2 Å². The Hall–Kier alpha value is -1.66. The summed E-state index contributed by atoms with van der Waals surface area (Å²) < 4.78 is 1.21. The summed E-state index contributed by atoms with van der Waals surface area (Å²) in [5.41, 5.74) is 1.04. The SMILES string of the molecule is CC(NCCNC(=O)N(C)C)c1nc2ccccc2s1.